The predicted octanol–water partition coefficient (Wildman–Crippen LogP) is 4.41. The number of aromatic nitrogens is 1. The van der Waals surface area contributed by atoms with E-state index >= 15 is 0 Å². The van der Waals surface area contributed by atoms with E-state index in [0.717, 1.165) is 4.47 Å². The minimum atomic E-state index is -0.617. The first kappa shape index (κ1) is 13.0. The van der Waals surface area contributed by atoms with Crippen LogP contribution in [0.25, 0.3) is 0 Å². The van der Waals surface area contributed by atoms with E-state index in [-0.39, 0.29) is 15.8 Å². The Morgan fingerprint density at radius 1 is 1.28 bits per heavy atom. The number of ether oxygens (including phenoxy) is 1. The molecule has 0 saturated heterocycles. The van der Waals surface area contributed by atoms with Crippen LogP contribution in [0.1, 0.15) is 5.56 Å². The van der Waals surface area contributed by atoms with E-state index in [2.05, 4.69) is 36.8 Å². The summed E-state index contributed by atoms with van der Waals surface area (Å²) in [6.45, 7) is 0. The van der Waals surface area contributed by atoms with E-state index in [1.54, 1.807) is 12.3 Å². The number of hydrogen-bond acceptors (Lipinski definition) is 3. The highest BCUT2D eigenvalue weighted by molar-refractivity contribution is 9.10. The molecule has 3 nitrogen and oxygen atoms in total. The van der Waals surface area contributed by atoms with Crippen LogP contribution in [0.5, 0.6) is 11.5 Å². The summed E-state index contributed by atoms with van der Waals surface area (Å²) in [5, 5.41) is 8.76. The molecule has 0 fully saturated rings. The molecule has 0 amide bonds. The van der Waals surface area contributed by atoms with Crippen LogP contribution in [0.3, 0.4) is 0 Å². The molecular weight excluding hydrogens is 367 g/mol. The molecular formula is C12H5Br2FN2O. The van der Waals surface area contributed by atoms with Crippen molar-refractivity contribution in [3.05, 3.63) is 50.9 Å². The fourth-order valence-corrected chi connectivity index (χ4v) is 2.03. The maximum absolute atomic E-state index is 13.9. The zero-order valence-corrected chi connectivity index (χ0v) is 12.0. The van der Waals surface area contributed by atoms with E-state index in [1.807, 2.05) is 6.07 Å². The Morgan fingerprint density at radius 3 is 2.72 bits per heavy atom. The van der Waals surface area contributed by atoms with E-state index in [1.165, 1.54) is 18.3 Å². The number of hydrogen-bond donors (Lipinski definition) is 0. The van der Waals surface area contributed by atoms with Gasteiger partial charge >= 0.3 is 0 Å². The number of nitrogens with zero attached hydrogens (tertiary/aromatic N) is 2. The van der Waals surface area contributed by atoms with Crippen LogP contribution in [0.15, 0.2) is 39.5 Å². The van der Waals surface area contributed by atoms with Crippen LogP contribution in [0.2, 0.25) is 0 Å². The Balaban J connectivity index is 2.36. The molecule has 0 aliphatic carbocycles. The standard InChI is InChI=1S/C12H5Br2FN2O/c13-8-3-9(6-17-5-8)18-10-2-1-7(4-16)11(14)12(10)15/h1-3,5-6H. The third kappa shape index (κ3) is 2.68. The van der Waals surface area contributed by atoms with Gasteiger partial charge in [-0.15, -0.1) is 0 Å². The first-order valence-electron chi connectivity index (χ1n) is 4.78. The second-order valence-corrected chi connectivity index (χ2v) is 5.00. The molecule has 1 heterocycles. The zero-order valence-electron chi connectivity index (χ0n) is 8.82. The van der Waals surface area contributed by atoms with Gasteiger partial charge in [0, 0.05) is 10.7 Å². The molecule has 1 aromatic carbocycles. The van der Waals surface area contributed by atoms with Crippen molar-refractivity contribution in [1.29, 1.82) is 5.26 Å². The van der Waals surface area contributed by atoms with E-state index < -0.39 is 5.82 Å². The summed E-state index contributed by atoms with van der Waals surface area (Å²) in [5.74, 6) is -0.185. The van der Waals surface area contributed by atoms with Crippen molar-refractivity contribution in [2.24, 2.45) is 0 Å². The third-order valence-electron chi connectivity index (χ3n) is 2.07. The lowest BCUT2D eigenvalue weighted by atomic mass is 10.2. The molecule has 0 aliphatic heterocycles. The average Bonchev–Trinajstić information content (AvgIpc) is 2.35. The highest BCUT2D eigenvalue weighted by atomic mass is 79.9. The molecule has 6 heteroatoms. The van der Waals surface area contributed by atoms with Gasteiger partial charge in [0.25, 0.3) is 0 Å². The highest BCUT2D eigenvalue weighted by Gasteiger charge is 2.13. The minimum absolute atomic E-state index is 0.0285. The Bertz CT molecular complexity index is 640. The number of halogens is 3. The van der Waals surface area contributed by atoms with Crippen LogP contribution in [-0.2, 0) is 0 Å². The van der Waals surface area contributed by atoms with Crippen LogP contribution in [0.4, 0.5) is 4.39 Å². The Labute approximate surface area is 119 Å². The maximum atomic E-state index is 13.9. The molecule has 0 N–H and O–H groups in total. The molecule has 2 aromatic rings. The molecule has 0 saturated carbocycles. The Morgan fingerprint density at radius 2 is 2.06 bits per heavy atom. The summed E-state index contributed by atoms with van der Waals surface area (Å²) in [5.41, 5.74) is 0.215. The minimum Gasteiger partial charge on any atom is -0.453 e. The molecule has 0 radical (unpaired) electrons. The lowest BCUT2D eigenvalue weighted by molar-refractivity contribution is 0.438. The quantitative estimate of drug-likeness (QED) is 0.785. The summed E-state index contributed by atoms with van der Waals surface area (Å²) in [6, 6.07) is 6.42. The Hall–Kier alpha value is -1.45. The van der Waals surface area contributed by atoms with E-state index in [4.69, 9.17) is 10.00 Å². The van der Waals surface area contributed by atoms with Crippen LogP contribution in [0, 0.1) is 17.1 Å². The van der Waals surface area contributed by atoms with Gasteiger partial charge in [0.05, 0.1) is 16.2 Å². The summed E-state index contributed by atoms with van der Waals surface area (Å²) >= 11 is 6.26. The molecule has 90 valence electrons. The maximum Gasteiger partial charge on any atom is 0.181 e. The molecule has 0 aliphatic rings. The largest absolute Gasteiger partial charge is 0.453 e. The lowest BCUT2D eigenvalue weighted by Crippen LogP contribution is -1.92. The second kappa shape index (κ2) is 5.46. The summed E-state index contributed by atoms with van der Waals surface area (Å²) in [7, 11) is 0. The number of nitriles is 1. The third-order valence-corrected chi connectivity index (χ3v) is 3.28. The lowest BCUT2D eigenvalue weighted by Gasteiger charge is -2.08. The smallest absolute Gasteiger partial charge is 0.181 e. The van der Waals surface area contributed by atoms with Gasteiger partial charge in [-0.3, -0.25) is 4.98 Å². The average molecular weight is 372 g/mol. The first-order valence-corrected chi connectivity index (χ1v) is 6.37. The van der Waals surface area contributed by atoms with Crippen LogP contribution >= 0.6 is 31.9 Å². The van der Waals surface area contributed by atoms with Crippen molar-refractivity contribution in [3.63, 3.8) is 0 Å². The monoisotopic (exact) mass is 370 g/mol. The van der Waals surface area contributed by atoms with Gasteiger partial charge in [0.15, 0.2) is 11.6 Å². The van der Waals surface area contributed by atoms with Crippen molar-refractivity contribution in [2.75, 3.05) is 0 Å². The van der Waals surface area contributed by atoms with Gasteiger partial charge in [-0.1, -0.05) is 0 Å². The summed E-state index contributed by atoms with van der Waals surface area (Å²) < 4.78 is 20.1. The SMILES string of the molecule is N#Cc1ccc(Oc2cncc(Br)c2)c(F)c1Br. The fourth-order valence-electron chi connectivity index (χ4n) is 1.27. The molecule has 0 bridgehead atoms. The molecule has 0 unspecified atom stereocenters. The van der Waals surface area contributed by atoms with Gasteiger partial charge in [-0.05, 0) is 50.1 Å². The molecule has 0 atom stereocenters. The van der Waals surface area contributed by atoms with Crippen LogP contribution < -0.4 is 4.74 Å². The normalized spacial score (nSPS) is 9.89. The molecule has 1 aromatic heterocycles. The fraction of sp³-hybridized carbons (Fsp3) is 0. The van der Waals surface area contributed by atoms with Crippen molar-refractivity contribution in [1.82, 2.24) is 4.98 Å². The van der Waals surface area contributed by atoms with Crippen molar-refractivity contribution < 1.29 is 9.13 Å². The van der Waals surface area contributed by atoms with E-state index in [9.17, 15) is 4.39 Å². The molecule has 18 heavy (non-hydrogen) atoms. The molecule has 2 rings (SSSR count). The van der Waals surface area contributed by atoms with Crippen molar-refractivity contribution in [2.45, 2.75) is 0 Å². The topological polar surface area (TPSA) is 45.9 Å². The van der Waals surface area contributed by atoms with Gasteiger partial charge in [-0.2, -0.15) is 5.26 Å². The first-order chi connectivity index (χ1) is 8.61. The summed E-state index contributed by atoms with van der Waals surface area (Å²) in [4.78, 5) is 3.91. The number of rotatable bonds is 2. The van der Waals surface area contributed by atoms with Crippen LogP contribution in [-0.4, -0.2) is 4.98 Å². The van der Waals surface area contributed by atoms with Gasteiger partial charge in [-0.25, -0.2) is 4.39 Å². The van der Waals surface area contributed by atoms with Crippen molar-refractivity contribution in [3.8, 4) is 17.6 Å². The number of benzene rings is 1. The van der Waals surface area contributed by atoms with Gasteiger partial charge in [0.1, 0.15) is 11.8 Å². The number of pyridine rings is 1. The van der Waals surface area contributed by atoms with Gasteiger partial charge < -0.3 is 4.74 Å². The molecule has 0 spiro atoms. The Kier molecular flexibility index (Phi) is 3.94. The van der Waals surface area contributed by atoms with E-state index in [0.29, 0.717) is 5.75 Å². The second-order valence-electron chi connectivity index (χ2n) is 3.29. The van der Waals surface area contributed by atoms with Gasteiger partial charge in [0.2, 0.25) is 0 Å². The summed E-state index contributed by atoms with van der Waals surface area (Å²) in [6.07, 6.45) is 3.06. The zero-order chi connectivity index (χ0) is 13.1. The van der Waals surface area contributed by atoms with Crippen molar-refractivity contribution >= 4 is 31.9 Å². The predicted molar refractivity (Wildman–Crippen MR) is 70.8 cm³/mol. The highest BCUT2D eigenvalue weighted by Crippen LogP contribution is 2.31.